The van der Waals surface area contributed by atoms with E-state index in [1.807, 2.05) is 6.07 Å². The maximum Gasteiger partial charge on any atom is 0.231 e. The molecule has 3 rings (SSSR count). The number of hydrogen-bond acceptors (Lipinski definition) is 3. The molecule has 1 aliphatic heterocycles. The first-order valence-electron chi connectivity index (χ1n) is 7.87. The molecule has 0 saturated heterocycles. The molecule has 0 bridgehead atoms. The number of rotatable bonds is 4. The highest BCUT2D eigenvalue weighted by Gasteiger charge is 2.24. The molecule has 1 aliphatic carbocycles. The molecule has 1 aromatic rings. The molecular weight excluding hydrogens is 262 g/mol. The lowest BCUT2D eigenvalue weighted by Gasteiger charge is -2.35. The van der Waals surface area contributed by atoms with Crippen LogP contribution in [-0.4, -0.2) is 24.8 Å². The van der Waals surface area contributed by atoms with Gasteiger partial charge in [0, 0.05) is 12.6 Å². The summed E-state index contributed by atoms with van der Waals surface area (Å²) < 4.78 is 10.8. The molecule has 3 nitrogen and oxygen atoms in total. The average molecular weight is 287 g/mol. The standard InChI is InChI=1S/C18H25NO2/c1-13(2)15-5-7-16(8-6-15)19(3)11-14-4-9-17-18(10-14)21-12-20-17/h4,9-10,15-16H,1,5-8,11-12H2,2-3H3. The Balaban J connectivity index is 1.57. The minimum Gasteiger partial charge on any atom is -0.454 e. The van der Waals surface area contributed by atoms with Crippen molar-refractivity contribution in [3.63, 3.8) is 0 Å². The molecular formula is C18H25NO2. The van der Waals surface area contributed by atoms with E-state index < -0.39 is 0 Å². The van der Waals surface area contributed by atoms with E-state index in [-0.39, 0.29) is 0 Å². The Morgan fingerprint density at radius 1 is 1.19 bits per heavy atom. The van der Waals surface area contributed by atoms with Gasteiger partial charge >= 0.3 is 0 Å². The van der Waals surface area contributed by atoms with Crippen LogP contribution in [0.4, 0.5) is 0 Å². The lowest BCUT2D eigenvalue weighted by atomic mass is 9.82. The van der Waals surface area contributed by atoms with Gasteiger partial charge in [0.2, 0.25) is 6.79 Å². The van der Waals surface area contributed by atoms with Gasteiger partial charge in [0.25, 0.3) is 0 Å². The highest BCUT2D eigenvalue weighted by Crippen LogP contribution is 2.34. The third-order valence-electron chi connectivity index (χ3n) is 4.89. The second kappa shape index (κ2) is 6.10. The van der Waals surface area contributed by atoms with Crippen LogP contribution in [0.25, 0.3) is 0 Å². The van der Waals surface area contributed by atoms with Crippen LogP contribution < -0.4 is 9.47 Å². The summed E-state index contributed by atoms with van der Waals surface area (Å²) in [6.45, 7) is 7.60. The van der Waals surface area contributed by atoms with Crippen molar-refractivity contribution in [1.82, 2.24) is 4.90 Å². The Morgan fingerprint density at radius 2 is 1.90 bits per heavy atom. The van der Waals surface area contributed by atoms with Crippen molar-refractivity contribution in [2.75, 3.05) is 13.8 Å². The van der Waals surface area contributed by atoms with Crippen LogP contribution in [0.15, 0.2) is 30.4 Å². The smallest absolute Gasteiger partial charge is 0.231 e. The summed E-state index contributed by atoms with van der Waals surface area (Å²) in [6, 6.07) is 6.96. The molecule has 114 valence electrons. The number of nitrogens with zero attached hydrogens (tertiary/aromatic N) is 1. The van der Waals surface area contributed by atoms with Crippen LogP contribution >= 0.6 is 0 Å². The van der Waals surface area contributed by atoms with Crippen LogP contribution in [0.1, 0.15) is 38.2 Å². The summed E-state index contributed by atoms with van der Waals surface area (Å²) in [6.07, 6.45) is 5.12. The fourth-order valence-corrected chi connectivity index (χ4v) is 3.47. The normalized spacial score (nSPS) is 24.3. The van der Waals surface area contributed by atoms with E-state index in [9.17, 15) is 0 Å². The van der Waals surface area contributed by atoms with Crippen molar-refractivity contribution in [2.24, 2.45) is 5.92 Å². The fraction of sp³-hybridized carbons (Fsp3) is 0.556. The summed E-state index contributed by atoms with van der Waals surface area (Å²) >= 11 is 0. The van der Waals surface area contributed by atoms with Gasteiger partial charge in [-0.2, -0.15) is 0 Å². The molecule has 0 atom stereocenters. The van der Waals surface area contributed by atoms with Crippen LogP contribution in [0, 0.1) is 5.92 Å². The van der Waals surface area contributed by atoms with Crippen molar-refractivity contribution in [3.8, 4) is 11.5 Å². The zero-order valence-electron chi connectivity index (χ0n) is 13.1. The van der Waals surface area contributed by atoms with Gasteiger partial charge < -0.3 is 9.47 Å². The number of ether oxygens (including phenoxy) is 2. The van der Waals surface area contributed by atoms with Gasteiger partial charge in [-0.25, -0.2) is 0 Å². The lowest BCUT2D eigenvalue weighted by molar-refractivity contribution is 0.167. The number of benzene rings is 1. The van der Waals surface area contributed by atoms with Crippen LogP contribution in [-0.2, 0) is 6.54 Å². The Labute approximate surface area is 127 Å². The average Bonchev–Trinajstić information content (AvgIpc) is 2.95. The summed E-state index contributed by atoms with van der Waals surface area (Å²) in [7, 11) is 2.23. The zero-order valence-corrected chi connectivity index (χ0v) is 13.1. The van der Waals surface area contributed by atoms with Crippen molar-refractivity contribution in [1.29, 1.82) is 0 Å². The molecule has 2 aliphatic rings. The second-order valence-electron chi connectivity index (χ2n) is 6.45. The first kappa shape index (κ1) is 14.5. The molecule has 0 aromatic heterocycles. The summed E-state index contributed by atoms with van der Waals surface area (Å²) in [5, 5.41) is 0. The zero-order chi connectivity index (χ0) is 14.8. The predicted octanol–water partition coefficient (Wildman–Crippen LogP) is 3.98. The maximum absolute atomic E-state index is 5.46. The van der Waals surface area contributed by atoms with E-state index in [4.69, 9.17) is 9.47 Å². The van der Waals surface area contributed by atoms with E-state index in [1.54, 1.807) is 0 Å². The topological polar surface area (TPSA) is 21.7 Å². The van der Waals surface area contributed by atoms with Crippen LogP contribution in [0.5, 0.6) is 11.5 Å². The molecule has 0 amide bonds. The minimum absolute atomic E-state index is 0.347. The van der Waals surface area contributed by atoms with Gasteiger partial charge in [-0.1, -0.05) is 18.2 Å². The second-order valence-corrected chi connectivity index (χ2v) is 6.45. The predicted molar refractivity (Wildman–Crippen MR) is 84.6 cm³/mol. The van der Waals surface area contributed by atoms with Crippen LogP contribution in [0.3, 0.4) is 0 Å². The molecule has 0 unspecified atom stereocenters. The SMILES string of the molecule is C=C(C)C1CCC(N(C)Cc2ccc3c(c2)OCO3)CC1. The molecule has 0 radical (unpaired) electrons. The van der Waals surface area contributed by atoms with E-state index in [1.165, 1.54) is 36.8 Å². The van der Waals surface area contributed by atoms with E-state index in [0.717, 1.165) is 24.0 Å². The van der Waals surface area contributed by atoms with Gasteiger partial charge in [-0.3, -0.25) is 4.90 Å². The highest BCUT2D eigenvalue weighted by atomic mass is 16.7. The third-order valence-corrected chi connectivity index (χ3v) is 4.89. The number of fused-ring (bicyclic) bond motifs is 1. The first-order valence-corrected chi connectivity index (χ1v) is 7.87. The quantitative estimate of drug-likeness (QED) is 0.782. The summed E-state index contributed by atoms with van der Waals surface area (Å²) in [5.74, 6) is 2.48. The Bertz CT molecular complexity index is 518. The Morgan fingerprint density at radius 3 is 2.62 bits per heavy atom. The first-order chi connectivity index (χ1) is 10.1. The molecule has 1 saturated carbocycles. The fourth-order valence-electron chi connectivity index (χ4n) is 3.47. The van der Waals surface area contributed by atoms with E-state index >= 15 is 0 Å². The monoisotopic (exact) mass is 287 g/mol. The Hall–Kier alpha value is -1.48. The van der Waals surface area contributed by atoms with Crippen molar-refractivity contribution >= 4 is 0 Å². The summed E-state index contributed by atoms with van der Waals surface area (Å²) in [5.41, 5.74) is 2.65. The summed E-state index contributed by atoms with van der Waals surface area (Å²) in [4.78, 5) is 2.48. The third kappa shape index (κ3) is 3.24. The highest BCUT2D eigenvalue weighted by molar-refractivity contribution is 5.44. The molecule has 1 aromatic carbocycles. The van der Waals surface area contributed by atoms with E-state index in [0.29, 0.717) is 12.8 Å². The van der Waals surface area contributed by atoms with E-state index in [2.05, 4.69) is 37.6 Å². The molecule has 1 heterocycles. The van der Waals surface area contributed by atoms with Gasteiger partial charge in [0.15, 0.2) is 11.5 Å². The largest absolute Gasteiger partial charge is 0.454 e. The van der Waals surface area contributed by atoms with Crippen LogP contribution in [0.2, 0.25) is 0 Å². The molecule has 0 N–H and O–H groups in total. The van der Waals surface area contributed by atoms with Crippen molar-refractivity contribution in [3.05, 3.63) is 35.9 Å². The van der Waals surface area contributed by atoms with Gasteiger partial charge in [0.05, 0.1) is 0 Å². The minimum atomic E-state index is 0.347. The Kier molecular flexibility index (Phi) is 4.20. The van der Waals surface area contributed by atoms with Gasteiger partial charge in [-0.05, 0) is 63.3 Å². The van der Waals surface area contributed by atoms with Gasteiger partial charge in [-0.15, -0.1) is 0 Å². The number of hydrogen-bond donors (Lipinski definition) is 0. The molecule has 21 heavy (non-hydrogen) atoms. The lowest BCUT2D eigenvalue weighted by Crippen LogP contribution is -2.34. The molecule has 3 heteroatoms. The van der Waals surface area contributed by atoms with Gasteiger partial charge in [0.1, 0.15) is 0 Å². The molecule has 1 fully saturated rings. The molecule has 0 spiro atoms. The van der Waals surface area contributed by atoms with Crippen molar-refractivity contribution < 1.29 is 9.47 Å². The van der Waals surface area contributed by atoms with Crippen molar-refractivity contribution in [2.45, 2.75) is 45.2 Å². The number of allylic oxidation sites excluding steroid dienone is 1. The maximum atomic E-state index is 5.46.